The highest BCUT2D eigenvalue weighted by Crippen LogP contribution is 2.22. The van der Waals surface area contributed by atoms with Gasteiger partial charge in [0.05, 0.1) is 6.61 Å². The summed E-state index contributed by atoms with van der Waals surface area (Å²) in [6, 6.07) is 0. The number of aliphatic hydroxyl groups excluding tert-OH is 1. The summed E-state index contributed by atoms with van der Waals surface area (Å²) in [5.41, 5.74) is 0.402. The number of hydrogen-bond acceptors (Lipinski definition) is 8. The van der Waals surface area contributed by atoms with Crippen molar-refractivity contribution in [2.75, 3.05) is 6.61 Å². The van der Waals surface area contributed by atoms with Crippen molar-refractivity contribution < 1.29 is 22.5 Å². The van der Waals surface area contributed by atoms with E-state index in [0.717, 1.165) is 0 Å². The third-order valence-corrected chi connectivity index (χ3v) is 3.20. The van der Waals surface area contributed by atoms with E-state index in [1.54, 1.807) is 13.8 Å². The lowest BCUT2D eigenvalue weighted by Gasteiger charge is -2.04. The number of aromatic nitrogens is 3. The van der Waals surface area contributed by atoms with E-state index < -0.39 is 17.0 Å². The number of hydrogen-bond donors (Lipinski definition) is 1. The quantitative estimate of drug-likeness (QED) is 0.780. The van der Waals surface area contributed by atoms with Crippen LogP contribution in [-0.4, -0.2) is 30.2 Å². The Morgan fingerprint density at radius 3 is 2.68 bits per heavy atom. The fourth-order valence-electron chi connectivity index (χ4n) is 1.37. The van der Waals surface area contributed by atoms with Crippen LogP contribution in [0.15, 0.2) is 13.8 Å². The highest BCUT2D eigenvalue weighted by Gasteiger charge is 2.21. The minimum Gasteiger partial charge on any atom is -0.396 e. The SMILES string of the molecule is Cc1noc(C)c1OS(=O)n1c(CCO)noc1=O. The average molecular weight is 289 g/mol. The summed E-state index contributed by atoms with van der Waals surface area (Å²) >= 11 is -2.19. The molecule has 0 amide bonds. The van der Waals surface area contributed by atoms with Crippen LogP contribution in [0, 0.1) is 13.8 Å². The highest BCUT2D eigenvalue weighted by atomic mass is 32.2. The Labute approximate surface area is 109 Å². The molecule has 9 nitrogen and oxygen atoms in total. The fourth-order valence-corrected chi connectivity index (χ4v) is 2.27. The molecule has 0 saturated heterocycles. The maximum atomic E-state index is 12.0. The second-order valence-corrected chi connectivity index (χ2v) is 4.55. The second-order valence-electron chi connectivity index (χ2n) is 3.59. The average Bonchev–Trinajstić information content (AvgIpc) is 2.87. The lowest BCUT2D eigenvalue weighted by atomic mass is 10.4. The first kappa shape index (κ1) is 13.5. The topological polar surface area (TPSA) is 121 Å². The fraction of sp³-hybridized carbons (Fsp3) is 0.444. The molecule has 0 fully saturated rings. The molecule has 0 radical (unpaired) electrons. The number of nitrogens with zero attached hydrogens (tertiary/aromatic N) is 3. The van der Waals surface area contributed by atoms with Crippen molar-refractivity contribution in [1.29, 1.82) is 0 Å². The molecule has 19 heavy (non-hydrogen) atoms. The summed E-state index contributed by atoms with van der Waals surface area (Å²) in [5, 5.41) is 15.9. The zero-order valence-corrected chi connectivity index (χ0v) is 11.0. The van der Waals surface area contributed by atoms with E-state index in [9.17, 15) is 9.00 Å². The van der Waals surface area contributed by atoms with E-state index >= 15 is 0 Å². The van der Waals surface area contributed by atoms with Gasteiger partial charge < -0.3 is 13.8 Å². The molecule has 2 heterocycles. The van der Waals surface area contributed by atoms with E-state index in [1.807, 2.05) is 0 Å². The van der Waals surface area contributed by atoms with Crippen molar-refractivity contribution in [2.45, 2.75) is 20.3 Å². The third kappa shape index (κ3) is 2.58. The van der Waals surface area contributed by atoms with Crippen LogP contribution in [0.5, 0.6) is 5.75 Å². The molecule has 1 unspecified atom stereocenters. The van der Waals surface area contributed by atoms with Gasteiger partial charge in [-0.3, -0.25) is 4.52 Å². The van der Waals surface area contributed by atoms with Crippen molar-refractivity contribution in [2.24, 2.45) is 0 Å². The Kier molecular flexibility index (Phi) is 3.81. The monoisotopic (exact) mass is 289 g/mol. The Bertz CT molecular complexity index is 638. The summed E-state index contributed by atoms with van der Waals surface area (Å²) in [6.45, 7) is 2.92. The van der Waals surface area contributed by atoms with Gasteiger partial charge in [0, 0.05) is 13.3 Å². The molecule has 2 aromatic heterocycles. The van der Waals surface area contributed by atoms with Crippen LogP contribution in [-0.2, 0) is 17.7 Å². The summed E-state index contributed by atoms with van der Waals surface area (Å²) in [5.74, 6) is -0.397. The summed E-state index contributed by atoms with van der Waals surface area (Å²) in [7, 11) is 0. The largest absolute Gasteiger partial charge is 0.456 e. The summed E-state index contributed by atoms with van der Waals surface area (Å²) in [6.07, 6.45) is 0.0163. The normalized spacial score (nSPS) is 12.6. The predicted molar refractivity (Wildman–Crippen MR) is 61.7 cm³/mol. The Balaban J connectivity index is 2.30. The van der Waals surface area contributed by atoms with Gasteiger partial charge in [-0.2, -0.15) is 4.21 Å². The Morgan fingerprint density at radius 1 is 1.37 bits per heavy atom. The minimum atomic E-state index is -2.19. The summed E-state index contributed by atoms with van der Waals surface area (Å²) < 4.78 is 27.1. The van der Waals surface area contributed by atoms with Gasteiger partial charge in [0.1, 0.15) is 5.69 Å². The Morgan fingerprint density at radius 2 is 2.11 bits per heavy atom. The first-order valence-corrected chi connectivity index (χ1v) is 6.29. The van der Waals surface area contributed by atoms with Crippen molar-refractivity contribution in [1.82, 2.24) is 14.3 Å². The molecule has 104 valence electrons. The smallest absolute Gasteiger partial charge is 0.396 e. The number of aliphatic hydroxyl groups is 1. The molecule has 0 aliphatic heterocycles. The van der Waals surface area contributed by atoms with Gasteiger partial charge >= 0.3 is 17.0 Å². The van der Waals surface area contributed by atoms with E-state index in [-0.39, 0.29) is 24.6 Å². The van der Waals surface area contributed by atoms with Crippen LogP contribution >= 0.6 is 0 Å². The van der Waals surface area contributed by atoms with Gasteiger partial charge in [-0.15, -0.1) is 3.97 Å². The van der Waals surface area contributed by atoms with E-state index in [4.69, 9.17) is 13.8 Å². The molecule has 10 heteroatoms. The van der Waals surface area contributed by atoms with Crippen LogP contribution in [0.1, 0.15) is 17.3 Å². The molecule has 0 aliphatic carbocycles. The maximum Gasteiger partial charge on any atom is 0.456 e. The van der Waals surface area contributed by atoms with Gasteiger partial charge in [-0.05, 0) is 6.92 Å². The van der Waals surface area contributed by atoms with Crippen LogP contribution in [0.4, 0.5) is 0 Å². The molecule has 0 bridgehead atoms. The van der Waals surface area contributed by atoms with Crippen LogP contribution < -0.4 is 9.94 Å². The predicted octanol–water partition coefficient (Wildman–Crippen LogP) is -0.518. The molecule has 1 N–H and O–H groups in total. The first-order chi connectivity index (χ1) is 9.04. The van der Waals surface area contributed by atoms with E-state index in [2.05, 4.69) is 14.8 Å². The lowest BCUT2D eigenvalue weighted by Crippen LogP contribution is -2.24. The van der Waals surface area contributed by atoms with Crippen molar-refractivity contribution in [3.8, 4) is 5.75 Å². The lowest BCUT2D eigenvalue weighted by molar-refractivity contribution is 0.292. The molecule has 1 atom stereocenters. The van der Waals surface area contributed by atoms with Crippen molar-refractivity contribution in [3.05, 3.63) is 27.8 Å². The first-order valence-electron chi connectivity index (χ1n) is 5.26. The molecular formula is C9H11N3O6S. The molecule has 0 aliphatic rings. The van der Waals surface area contributed by atoms with Gasteiger partial charge in [-0.25, -0.2) is 4.79 Å². The molecular weight excluding hydrogens is 278 g/mol. The zero-order valence-electron chi connectivity index (χ0n) is 10.2. The van der Waals surface area contributed by atoms with Crippen LogP contribution in [0.3, 0.4) is 0 Å². The molecule has 2 rings (SSSR count). The second kappa shape index (κ2) is 5.36. The molecule has 0 aromatic carbocycles. The van der Waals surface area contributed by atoms with Crippen molar-refractivity contribution >= 4 is 11.3 Å². The standard InChI is InChI=1S/C9H11N3O6S/c1-5-8(6(2)16-10-5)18-19(15)12-7(3-4-13)11-17-9(12)14/h13H,3-4H2,1-2H3. The molecule has 2 aromatic rings. The van der Waals surface area contributed by atoms with Gasteiger partial charge in [0.25, 0.3) is 0 Å². The van der Waals surface area contributed by atoms with Gasteiger partial charge in [0.2, 0.25) is 5.75 Å². The van der Waals surface area contributed by atoms with E-state index in [0.29, 0.717) is 15.4 Å². The van der Waals surface area contributed by atoms with Crippen LogP contribution in [0.25, 0.3) is 0 Å². The number of aryl methyl sites for hydroxylation is 2. The summed E-state index contributed by atoms with van der Waals surface area (Å²) in [4.78, 5) is 11.4. The van der Waals surface area contributed by atoms with Gasteiger partial charge in [0.15, 0.2) is 11.6 Å². The van der Waals surface area contributed by atoms with Crippen molar-refractivity contribution in [3.63, 3.8) is 0 Å². The van der Waals surface area contributed by atoms with Crippen LogP contribution in [0.2, 0.25) is 0 Å². The third-order valence-electron chi connectivity index (χ3n) is 2.24. The minimum absolute atomic E-state index is 0.0163. The molecule has 0 saturated carbocycles. The maximum absolute atomic E-state index is 12.0. The van der Waals surface area contributed by atoms with Gasteiger partial charge in [-0.1, -0.05) is 10.3 Å². The number of rotatable bonds is 5. The highest BCUT2D eigenvalue weighted by molar-refractivity contribution is 7.79. The molecule has 0 spiro atoms. The Hall–Kier alpha value is -1.94. The van der Waals surface area contributed by atoms with E-state index in [1.165, 1.54) is 0 Å². The zero-order chi connectivity index (χ0) is 14.0.